The van der Waals surface area contributed by atoms with E-state index >= 15 is 0 Å². The molecule has 0 amide bonds. The van der Waals surface area contributed by atoms with Crippen molar-refractivity contribution in [2.45, 2.75) is 0 Å². The van der Waals surface area contributed by atoms with Crippen LogP contribution in [0, 0.1) is 0 Å². The van der Waals surface area contributed by atoms with Gasteiger partial charge in [0.1, 0.15) is 36.1 Å². The minimum atomic E-state index is 0.543. The van der Waals surface area contributed by atoms with E-state index in [-0.39, 0.29) is 0 Å². The summed E-state index contributed by atoms with van der Waals surface area (Å²) in [6, 6.07) is 21.2. The Morgan fingerprint density at radius 2 is 1.14 bits per heavy atom. The quantitative estimate of drug-likeness (QED) is 0.635. The Morgan fingerprint density at radius 1 is 0.621 bits per heavy atom. The second kappa shape index (κ2) is 9.61. The summed E-state index contributed by atoms with van der Waals surface area (Å²) in [6.45, 7) is 2.51. The molecule has 2 heterocycles. The first-order chi connectivity index (χ1) is 14.4. The standard InChI is InChI=1S/C23H22N4O2/c1-3-10-22-20(8-1)25-16-18-6-5-7-19(27-18)17-26-21-9-2-4-11-23(21)29-15-13-24-12-14-28-22/h1-11,16-17,24H,12-15H2. The van der Waals surface area contributed by atoms with E-state index < -0.39 is 0 Å². The number of fused-ring (bicyclic) bond motifs is 4. The first-order valence-corrected chi connectivity index (χ1v) is 9.58. The lowest BCUT2D eigenvalue weighted by Crippen LogP contribution is -2.25. The Labute approximate surface area is 170 Å². The van der Waals surface area contributed by atoms with E-state index in [4.69, 9.17) is 9.47 Å². The van der Waals surface area contributed by atoms with Crippen molar-refractivity contribution in [1.29, 1.82) is 0 Å². The van der Waals surface area contributed by atoms with Gasteiger partial charge >= 0.3 is 0 Å². The van der Waals surface area contributed by atoms with Gasteiger partial charge in [-0.15, -0.1) is 0 Å². The minimum absolute atomic E-state index is 0.543. The average Bonchev–Trinajstić information content (AvgIpc) is 2.77. The van der Waals surface area contributed by atoms with Gasteiger partial charge in [-0.1, -0.05) is 30.3 Å². The van der Waals surface area contributed by atoms with Crippen LogP contribution in [0.25, 0.3) is 0 Å². The molecule has 0 fully saturated rings. The number of aliphatic imine (C=N–C) groups is 2. The highest BCUT2D eigenvalue weighted by molar-refractivity contribution is 5.84. The van der Waals surface area contributed by atoms with Crippen LogP contribution in [-0.4, -0.2) is 43.7 Å². The molecule has 146 valence electrons. The number of aromatic nitrogens is 1. The van der Waals surface area contributed by atoms with E-state index in [0.717, 1.165) is 34.3 Å². The minimum Gasteiger partial charge on any atom is -0.490 e. The molecule has 0 saturated carbocycles. The summed E-state index contributed by atoms with van der Waals surface area (Å²) in [5, 5.41) is 3.32. The van der Waals surface area contributed by atoms with Crippen LogP contribution in [0.4, 0.5) is 11.4 Å². The number of nitrogens with one attached hydrogen (secondary N) is 1. The number of pyridine rings is 1. The third kappa shape index (κ3) is 5.27. The van der Waals surface area contributed by atoms with Crippen LogP contribution in [0.1, 0.15) is 11.4 Å². The zero-order valence-electron chi connectivity index (χ0n) is 16.0. The van der Waals surface area contributed by atoms with Crippen molar-refractivity contribution in [2.75, 3.05) is 26.3 Å². The van der Waals surface area contributed by atoms with Gasteiger partial charge in [-0.25, -0.2) is 4.98 Å². The number of nitrogens with zero attached hydrogens (tertiary/aromatic N) is 3. The first-order valence-electron chi connectivity index (χ1n) is 9.58. The molecule has 6 heteroatoms. The van der Waals surface area contributed by atoms with E-state index in [0.29, 0.717) is 26.3 Å². The van der Waals surface area contributed by atoms with E-state index in [1.54, 1.807) is 12.4 Å². The molecule has 1 aliphatic heterocycles. The SMILES string of the molecule is C1=Nc2ccccc2OCCNCCOc2ccccc2N=Cc2cccc1n2. The van der Waals surface area contributed by atoms with E-state index in [1.807, 2.05) is 66.7 Å². The number of rotatable bonds is 0. The molecule has 29 heavy (non-hydrogen) atoms. The van der Waals surface area contributed by atoms with Gasteiger partial charge in [0.05, 0.1) is 23.8 Å². The van der Waals surface area contributed by atoms with Crippen molar-refractivity contribution < 1.29 is 9.47 Å². The Kier molecular flexibility index (Phi) is 6.24. The topological polar surface area (TPSA) is 68.1 Å². The molecular weight excluding hydrogens is 364 g/mol. The summed E-state index contributed by atoms with van der Waals surface area (Å²) in [5.41, 5.74) is 3.03. The monoisotopic (exact) mass is 386 g/mol. The fourth-order valence-corrected chi connectivity index (χ4v) is 2.85. The van der Waals surface area contributed by atoms with Crippen LogP contribution in [0.3, 0.4) is 0 Å². The first kappa shape index (κ1) is 18.8. The molecule has 3 aromatic rings. The molecule has 0 radical (unpaired) electrons. The summed E-state index contributed by atoms with van der Waals surface area (Å²) >= 11 is 0. The second-order valence-electron chi connectivity index (χ2n) is 6.39. The van der Waals surface area contributed by atoms with Gasteiger partial charge in [0.25, 0.3) is 0 Å². The van der Waals surface area contributed by atoms with Gasteiger partial charge in [0.15, 0.2) is 0 Å². The molecule has 4 rings (SSSR count). The average molecular weight is 386 g/mol. The Balaban J connectivity index is 1.64. The number of hydrogen-bond donors (Lipinski definition) is 1. The van der Waals surface area contributed by atoms with Crippen molar-refractivity contribution in [3.8, 4) is 11.5 Å². The van der Waals surface area contributed by atoms with Crippen LogP contribution in [0.2, 0.25) is 0 Å². The smallest absolute Gasteiger partial charge is 0.144 e. The third-order valence-corrected chi connectivity index (χ3v) is 4.27. The fourth-order valence-electron chi connectivity index (χ4n) is 2.85. The summed E-state index contributed by atoms with van der Waals surface area (Å²) in [5.74, 6) is 1.49. The van der Waals surface area contributed by atoms with Crippen LogP contribution in [0.15, 0.2) is 76.7 Å². The van der Waals surface area contributed by atoms with Gasteiger partial charge in [-0.2, -0.15) is 0 Å². The second-order valence-corrected chi connectivity index (χ2v) is 6.39. The molecule has 1 N–H and O–H groups in total. The lowest BCUT2D eigenvalue weighted by molar-refractivity contribution is 0.290. The predicted octanol–water partition coefficient (Wildman–Crippen LogP) is 3.94. The number of para-hydroxylation sites is 4. The molecule has 1 aromatic heterocycles. The molecule has 0 atom stereocenters. The van der Waals surface area contributed by atoms with Crippen LogP contribution in [-0.2, 0) is 0 Å². The number of ether oxygens (including phenoxy) is 2. The lowest BCUT2D eigenvalue weighted by atomic mass is 10.3. The van der Waals surface area contributed by atoms with Gasteiger partial charge in [0, 0.05) is 13.1 Å². The predicted molar refractivity (Wildman–Crippen MR) is 115 cm³/mol. The van der Waals surface area contributed by atoms with Crippen LogP contribution in [0.5, 0.6) is 11.5 Å². The molecule has 0 spiro atoms. The third-order valence-electron chi connectivity index (χ3n) is 4.27. The molecular formula is C23H22N4O2. The van der Waals surface area contributed by atoms with Crippen molar-refractivity contribution >= 4 is 23.8 Å². The largest absolute Gasteiger partial charge is 0.490 e. The van der Waals surface area contributed by atoms with E-state index in [2.05, 4.69) is 20.3 Å². The van der Waals surface area contributed by atoms with Crippen LogP contribution >= 0.6 is 0 Å². The normalized spacial score (nSPS) is 14.5. The molecule has 2 aromatic carbocycles. The Morgan fingerprint density at radius 3 is 1.69 bits per heavy atom. The highest BCUT2D eigenvalue weighted by atomic mass is 16.5. The maximum absolute atomic E-state index is 5.89. The number of benzene rings is 2. The van der Waals surface area contributed by atoms with Crippen molar-refractivity contribution in [2.24, 2.45) is 9.98 Å². The highest BCUT2D eigenvalue weighted by Gasteiger charge is 2.04. The van der Waals surface area contributed by atoms with E-state index in [9.17, 15) is 0 Å². The summed E-state index contributed by atoms with van der Waals surface area (Å²) < 4.78 is 11.8. The maximum atomic E-state index is 5.89. The lowest BCUT2D eigenvalue weighted by Gasteiger charge is -2.11. The van der Waals surface area contributed by atoms with Crippen LogP contribution < -0.4 is 14.8 Å². The summed E-state index contributed by atoms with van der Waals surface area (Å²) in [4.78, 5) is 13.7. The van der Waals surface area contributed by atoms with Crippen molar-refractivity contribution in [1.82, 2.24) is 10.3 Å². The zero-order chi connectivity index (χ0) is 19.7. The summed E-state index contributed by atoms with van der Waals surface area (Å²) in [6.07, 6.45) is 3.47. The van der Waals surface area contributed by atoms with Crippen molar-refractivity contribution in [3.05, 3.63) is 78.1 Å². The molecule has 2 bridgehead atoms. The highest BCUT2D eigenvalue weighted by Crippen LogP contribution is 2.27. The molecule has 0 saturated heterocycles. The fraction of sp³-hybridized carbons (Fsp3) is 0.174. The van der Waals surface area contributed by atoms with Gasteiger partial charge < -0.3 is 14.8 Å². The molecule has 0 unspecified atom stereocenters. The molecule has 6 nitrogen and oxygen atoms in total. The Bertz CT molecular complexity index is 940. The molecule has 1 aliphatic rings. The summed E-state index contributed by atoms with van der Waals surface area (Å²) in [7, 11) is 0. The van der Waals surface area contributed by atoms with Crippen molar-refractivity contribution in [3.63, 3.8) is 0 Å². The molecule has 0 aliphatic carbocycles. The maximum Gasteiger partial charge on any atom is 0.144 e. The van der Waals surface area contributed by atoms with E-state index in [1.165, 1.54) is 0 Å². The van der Waals surface area contributed by atoms with Gasteiger partial charge in [0.2, 0.25) is 0 Å². The zero-order valence-corrected chi connectivity index (χ0v) is 16.0. The van der Waals surface area contributed by atoms with Gasteiger partial charge in [-0.3, -0.25) is 9.98 Å². The number of hydrogen-bond acceptors (Lipinski definition) is 6. The Hall–Kier alpha value is -3.51. The van der Waals surface area contributed by atoms with Gasteiger partial charge in [-0.05, 0) is 36.4 Å².